The zero-order chi connectivity index (χ0) is 15.4. The highest BCUT2D eigenvalue weighted by molar-refractivity contribution is 5.85. The summed E-state index contributed by atoms with van der Waals surface area (Å²) >= 11 is 0. The maximum Gasteiger partial charge on any atom is 0.161 e. The van der Waals surface area contributed by atoms with Crippen molar-refractivity contribution in [3.63, 3.8) is 0 Å². The summed E-state index contributed by atoms with van der Waals surface area (Å²) in [4.78, 5) is 0. The van der Waals surface area contributed by atoms with Crippen LogP contribution in [0.4, 0.5) is 0 Å². The lowest BCUT2D eigenvalue weighted by molar-refractivity contribution is 0.355. The number of halogens is 1. The number of hydrogen-bond acceptors (Lipinski definition) is 3. The second-order valence-corrected chi connectivity index (χ2v) is 5.19. The van der Waals surface area contributed by atoms with Crippen LogP contribution in [0.15, 0.2) is 30.3 Å². The van der Waals surface area contributed by atoms with E-state index in [9.17, 15) is 0 Å². The lowest BCUT2D eigenvalue weighted by Gasteiger charge is -2.14. The van der Waals surface area contributed by atoms with E-state index in [0.29, 0.717) is 0 Å². The fraction of sp³-hybridized carbons (Fsp3) is 0.333. The third-order valence-electron chi connectivity index (χ3n) is 3.77. The van der Waals surface area contributed by atoms with Gasteiger partial charge in [0.25, 0.3) is 0 Å². The molecule has 4 heteroatoms. The largest absolute Gasteiger partial charge is 0.493 e. The molecule has 0 amide bonds. The first-order valence-electron chi connectivity index (χ1n) is 7.07. The standard InChI is InChI=1S/C18H23NO2.ClH/c1-12-8-15(9-13(2)16(12)11-19-3)14-6-7-17(20-4)18(10-14)21-5;/h6-10,19H,11H2,1-5H3;1H. The molecule has 0 unspecified atom stereocenters. The van der Waals surface area contributed by atoms with E-state index in [-0.39, 0.29) is 12.4 Å². The van der Waals surface area contributed by atoms with Gasteiger partial charge in [0.2, 0.25) is 0 Å². The van der Waals surface area contributed by atoms with Crippen LogP contribution in [0.2, 0.25) is 0 Å². The van der Waals surface area contributed by atoms with E-state index in [0.717, 1.165) is 23.6 Å². The number of hydrogen-bond donors (Lipinski definition) is 1. The lowest BCUT2D eigenvalue weighted by Crippen LogP contribution is -2.08. The molecule has 0 saturated heterocycles. The molecule has 0 atom stereocenters. The van der Waals surface area contributed by atoms with Gasteiger partial charge in [-0.15, -0.1) is 12.4 Å². The predicted octanol–water partition coefficient (Wildman–Crippen LogP) is 4.13. The summed E-state index contributed by atoms with van der Waals surface area (Å²) in [7, 11) is 5.29. The Bertz CT molecular complexity index is 618. The number of rotatable bonds is 5. The summed E-state index contributed by atoms with van der Waals surface area (Å²) in [5.74, 6) is 1.51. The molecule has 0 aromatic heterocycles. The van der Waals surface area contributed by atoms with Crippen LogP contribution in [-0.2, 0) is 6.54 Å². The Labute approximate surface area is 139 Å². The van der Waals surface area contributed by atoms with Gasteiger partial charge in [-0.1, -0.05) is 18.2 Å². The van der Waals surface area contributed by atoms with Crippen LogP contribution in [-0.4, -0.2) is 21.3 Å². The molecule has 0 radical (unpaired) electrons. The Morgan fingerprint density at radius 2 is 1.45 bits per heavy atom. The summed E-state index contributed by atoms with van der Waals surface area (Å²) in [6, 6.07) is 10.5. The van der Waals surface area contributed by atoms with Gasteiger partial charge >= 0.3 is 0 Å². The molecule has 0 aliphatic carbocycles. The Kier molecular flexibility index (Phi) is 6.72. The molecule has 0 fully saturated rings. The average molecular weight is 322 g/mol. The molecule has 2 aromatic carbocycles. The minimum Gasteiger partial charge on any atom is -0.493 e. The minimum atomic E-state index is 0. The highest BCUT2D eigenvalue weighted by Crippen LogP contribution is 2.33. The number of methoxy groups -OCH3 is 2. The van der Waals surface area contributed by atoms with Gasteiger partial charge < -0.3 is 14.8 Å². The van der Waals surface area contributed by atoms with Crippen LogP contribution in [0.25, 0.3) is 11.1 Å². The molecule has 3 nitrogen and oxygen atoms in total. The zero-order valence-electron chi connectivity index (χ0n) is 13.8. The van der Waals surface area contributed by atoms with Crippen molar-refractivity contribution in [2.24, 2.45) is 0 Å². The molecule has 120 valence electrons. The smallest absolute Gasteiger partial charge is 0.161 e. The first-order valence-corrected chi connectivity index (χ1v) is 7.07. The molecule has 0 heterocycles. The van der Waals surface area contributed by atoms with Crippen LogP contribution in [0.1, 0.15) is 16.7 Å². The minimum absolute atomic E-state index is 0. The van der Waals surface area contributed by atoms with Crippen molar-refractivity contribution in [2.45, 2.75) is 20.4 Å². The summed E-state index contributed by atoms with van der Waals surface area (Å²) < 4.78 is 10.7. The van der Waals surface area contributed by atoms with Gasteiger partial charge in [0.15, 0.2) is 11.5 Å². The highest BCUT2D eigenvalue weighted by atomic mass is 35.5. The maximum atomic E-state index is 5.39. The van der Waals surface area contributed by atoms with E-state index in [1.54, 1.807) is 14.2 Å². The first-order chi connectivity index (χ1) is 10.1. The Hall–Kier alpha value is -1.71. The first kappa shape index (κ1) is 18.3. The summed E-state index contributed by atoms with van der Waals surface area (Å²) in [5.41, 5.74) is 6.30. The van der Waals surface area contributed by atoms with Crippen LogP contribution in [0, 0.1) is 13.8 Å². The molecule has 0 spiro atoms. The van der Waals surface area contributed by atoms with Crippen LogP contribution >= 0.6 is 12.4 Å². The van der Waals surface area contributed by atoms with E-state index in [1.165, 1.54) is 22.3 Å². The van der Waals surface area contributed by atoms with Crippen LogP contribution in [0.3, 0.4) is 0 Å². The van der Waals surface area contributed by atoms with Crippen molar-refractivity contribution in [2.75, 3.05) is 21.3 Å². The van der Waals surface area contributed by atoms with E-state index in [4.69, 9.17) is 9.47 Å². The SMILES string of the molecule is CNCc1c(C)cc(-c2ccc(OC)c(OC)c2)cc1C.Cl. The second-order valence-electron chi connectivity index (χ2n) is 5.19. The molecule has 0 aliphatic heterocycles. The molecule has 1 N–H and O–H groups in total. The van der Waals surface area contributed by atoms with Crippen molar-refractivity contribution in [1.29, 1.82) is 0 Å². The van der Waals surface area contributed by atoms with Crippen LogP contribution < -0.4 is 14.8 Å². The van der Waals surface area contributed by atoms with Gasteiger partial charge in [0, 0.05) is 6.54 Å². The van der Waals surface area contributed by atoms with Crippen molar-refractivity contribution >= 4 is 12.4 Å². The fourth-order valence-corrected chi connectivity index (χ4v) is 2.63. The van der Waals surface area contributed by atoms with Gasteiger partial charge in [-0.25, -0.2) is 0 Å². The summed E-state index contributed by atoms with van der Waals surface area (Å²) in [6.07, 6.45) is 0. The molecule has 22 heavy (non-hydrogen) atoms. The Morgan fingerprint density at radius 3 is 1.95 bits per heavy atom. The third-order valence-corrected chi connectivity index (χ3v) is 3.77. The van der Waals surface area contributed by atoms with Crippen molar-refractivity contribution in [1.82, 2.24) is 5.32 Å². The van der Waals surface area contributed by atoms with Gasteiger partial charge in [0.05, 0.1) is 14.2 Å². The van der Waals surface area contributed by atoms with Crippen molar-refractivity contribution < 1.29 is 9.47 Å². The van der Waals surface area contributed by atoms with Gasteiger partial charge in [-0.05, 0) is 60.8 Å². The van der Waals surface area contributed by atoms with Crippen molar-refractivity contribution in [3.8, 4) is 22.6 Å². The van der Waals surface area contributed by atoms with Crippen molar-refractivity contribution in [3.05, 3.63) is 47.0 Å². The van der Waals surface area contributed by atoms with E-state index in [1.807, 2.05) is 19.2 Å². The lowest BCUT2D eigenvalue weighted by atomic mass is 9.95. The molecular formula is C18H24ClNO2. The normalized spacial score (nSPS) is 10.0. The quantitative estimate of drug-likeness (QED) is 0.898. The number of benzene rings is 2. The summed E-state index contributed by atoms with van der Waals surface area (Å²) in [5, 5.41) is 3.22. The molecule has 2 aromatic rings. The van der Waals surface area contributed by atoms with Gasteiger partial charge in [-0.2, -0.15) is 0 Å². The zero-order valence-corrected chi connectivity index (χ0v) is 14.6. The molecule has 2 rings (SSSR count). The van der Waals surface area contributed by atoms with E-state index < -0.39 is 0 Å². The van der Waals surface area contributed by atoms with Gasteiger partial charge in [-0.3, -0.25) is 0 Å². The fourth-order valence-electron chi connectivity index (χ4n) is 2.63. The monoisotopic (exact) mass is 321 g/mol. The predicted molar refractivity (Wildman–Crippen MR) is 94.5 cm³/mol. The number of aryl methyl sites for hydroxylation is 2. The number of nitrogens with one attached hydrogen (secondary N) is 1. The second kappa shape index (κ2) is 8.06. The Morgan fingerprint density at radius 1 is 0.864 bits per heavy atom. The highest BCUT2D eigenvalue weighted by Gasteiger charge is 2.09. The van der Waals surface area contributed by atoms with Gasteiger partial charge in [0.1, 0.15) is 0 Å². The maximum absolute atomic E-state index is 5.39. The third kappa shape index (κ3) is 3.73. The average Bonchev–Trinajstić information content (AvgIpc) is 2.50. The molecule has 0 bridgehead atoms. The molecule has 0 aliphatic rings. The van der Waals surface area contributed by atoms with Crippen LogP contribution in [0.5, 0.6) is 11.5 Å². The number of ether oxygens (including phenoxy) is 2. The topological polar surface area (TPSA) is 30.5 Å². The van der Waals surface area contributed by atoms with E-state index in [2.05, 4.69) is 37.4 Å². The Balaban J connectivity index is 0.00000242. The molecular weight excluding hydrogens is 298 g/mol. The summed E-state index contributed by atoms with van der Waals surface area (Å²) in [6.45, 7) is 5.21. The molecule has 0 saturated carbocycles. The van der Waals surface area contributed by atoms with E-state index >= 15 is 0 Å².